The Labute approximate surface area is 99.1 Å². The van der Waals surface area contributed by atoms with Crippen LogP contribution in [-0.2, 0) is 5.33 Å². The van der Waals surface area contributed by atoms with E-state index in [9.17, 15) is 14.9 Å². The van der Waals surface area contributed by atoms with E-state index >= 15 is 0 Å². The average Bonchev–Trinajstić information content (AvgIpc) is 2.26. The summed E-state index contributed by atoms with van der Waals surface area (Å²) in [6, 6.07) is 2.30. The highest BCUT2D eigenvalue weighted by Crippen LogP contribution is 2.30. The first-order valence-corrected chi connectivity index (χ1v) is 5.28. The van der Waals surface area contributed by atoms with E-state index in [1.807, 2.05) is 0 Å². The summed E-state index contributed by atoms with van der Waals surface area (Å²) < 4.78 is 4.83. The Bertz CT molecular complexity index is 421. The van der Waals surface area contributed by atoms with Crippen LogP contribution in [0.1, 0.15) is 15.9 Å². The van der Waals surface area contributed by atoms with E-state index in [0.29, 0.717) is 5.56 Å². The van der Waals surface area contributed by atoms with E-state index in [0.717, 1.165) is 6.07 Å². The molecule has 0 radical (unpaired) electrons. The van der Waals surface area contributed by atoms with Crippen molar-refractivity contribution in [1.82, 2.24) is 0 Å². The number of carbonyl (C=O) groups is 1. The van der Waals surface area contributed by atoms with Crippen LogP contribution in [0.5, 0.6) is 5.75 Å². The van der Waals surface area contributed by atoms with Crippen LogP contribution in [0.3, 0.4) is 0 Å². The summed E-state index contributed by atoms with van der Waals surface area (Å²) >= 11 is 3.08. The van der Waals surface area contributed by atoms with E-state index in [1.165, 1.54) is 13.2 Å². The summed E-state index contributed by atoms with van der Waals surface area (Å²) in [5, 5.41) is 19.8. The van der Waals surface area contributed by atoms with Crippen molar-refractivity contribution in [1.29, 1.82) is 0 Å². The molecule has 0 aromatic heterocycles. The van der Waals surface area contributed by atoms with E-state index in [4.69, 9.17) is 9.84 Å². The minimum absolute atomic E-state index is 0.0175. The number of alkyl halides is 1. The van der Waals surface area contributed by atoms with Crippen LogP contribution in [0.4, 0.5) is 5.69 Å². The van der Waals surface area contributed by atoms with Crippen LogP contribution in [0, 0.1) is 10.1 Å². The van der Waals surface area contributed by atoms with Crippen molar-refractivity contribution in [3.63, 3.8) is 0 Å². The molecule has 0 saturated heterocycles. The predicted octanol–water partition coefficient (Wildman–Crippen LogP) is 2.20. The summed E-state index contributed by atoms with van der Waals surface area (Å²) in [7, 11) is 1.27. The molecule has 0 heterocycles. The zero-order valence-corrected chi connectivity index (χ0v) is 9.85. The maximum atomic E-state index is 11.0. The molecule has 16 heavy (non-hydrogen) atoms. The number of carboxylic acid groups (broad SMARTS) is 1. The number of hydrogen-bond acceptors (Lipinski definition) is 4. The number of rotatable bonds is 4. The van der Waals surface area contributed by atoms with Crippen LogP contribution in [0.25, 0.3) is 0 Å². The maximum absolute atomic E-state index is 11.0. The number of benzene rings is 1. The first kappa shape index (κ1) is 12.4. The lowest BCUT2D eigenvalue weighted by Gasteiger charge is -2.08. The van der Waals surface area contributed by atoms with Gasteiger partial charge in [0.05, 0.1) is 18.1 Å². The summed E-state index contributed by atoms with van der Waals surface area (Å²) in [5.74, 6) is -1.20. The number of hydrogen-bond donors (Lipinski definition) is 1. The van der Waals surface area contributed by atoms with Gasteiger partial charge in [0.25, 0.3) is 5.69 Å². The molecular formula is C9H8BrNO5. The van der Waals surface area contributed by atoms with Crippen LogP contribution in [0.2, 0.25) is 0 Å². The zero-order chi connectivity index (χ0) is 12.3. The van der Waals surface area contributed by atoms with E-state index in [1.54, 1.807) is 0 Å². The Kier molecular flexibility index (Phi) is 3.83. The molecule has 0 aliphatic heterocycles. The lowest BCUT2D eigenvalue weighted by Crippen LogP contribution is -2.05. The highest BCUT2D eigenvalue weighted by molar-refractivity contribution is 9.08. The van der Waals surface area contributed by atoms with Crippen LogP contribution in [0.15, 0.2) is 12.1 Å². The first-order chi connectivity index (χ1) is 7.51. The largest absolute Gasteiger partial charge is 0.496 e. The second kappa shape index (κ2) is 4.93. The van der Waals surface area contributed by atoms with Gasteiger partial charge in [0.1, 0.15) is 11.3 Å². The number of non-ortho nitro benzene ring substituents is 1. The number of nitrogens with zero attached hydrogens (tertiary/aromatic N) is 1. The Morgan fingerprint density at radius 3 is 2.62 bits per heavy atom. The molecule has 0 amide bonds. The SMILES string of the molecule is COc1cc([N+](=O)[O-])cc(CBr)c1C(=O)O. The third-order valence-electron chi connectivity index (χ3n) is 1.96. The van der Waals surface area contributed by atoms with Crippen molar-refractivity contribution in [2.24, 2.45) is 0 Å². The number of halogens is 1. The number of nitro benzene ring substituents is 1. The molecule has 1 aromatic carbocycles. The van der Waals surface area contributed by atoms with Crippen LogP contribution < -0.4 is 4.74 Å². The summed E-state index contributed by atoms with van der Waals surface area (Å²) in [6.45, 7) is 0. The van der Waals surface area contributed by atoms with Crippen molar-refractivity contribution in [3.8, 4) is 5.75 Å². The second-order valence-electron chi connectivity index (χ2n) is 2.88. The number of carboxylic acids is 1. The van der Waals surface area contributed by atoms with Gasteiger partial charge in [-0.25, -0.2) is 4.79 Å². The Hall–Kier alpha value is -1.63. The third-order valence-corrected chi connectivity index (χ3v) is 2.56. The molecule has 1 rings (SSSR count). The summed E-state index contributed by atoms with van der Waals surface area (Å²) in [6.07, 6.45) is 0. The topological polar surface area (TPSA) is 89.7 Å². The van der Waals surface area contributed by atoms with Gasteiger partial charge in [-0.2, -0.15) is 0 Å². The van der Waals surface area contributed by atoms with Gasteiger partial charge < -0.3 is 9.84 Å². The van der Waals surface area contributed by atoms with Gasteiger partial charge in [-0.05, 0) is 5.56 Å². The van der Waals surface area contributed by atoms with Gasteiger partial charge in [-0.3, -0.25) is 10.1 Å². The van der Waals surface area contributed by atoms with Crippen LogP contribution in [-0.4, -0.2) is 23.1 Å². The van der Waals surface area contributed by atoms with Gasteiger partial charge in [0.15, 0.2) is 0 Å². The number of ether oxygens (including phenoxy) is 1. The lowest BCUT2D eigenvalue weighted by atomic mass is 10.1. The van der Waals surface area contributed by atoms with Gasteiger partial charge >= 0.3 is 5.97 Å². The molecule has 0 fully saturated rings. The Morgan fingerprint density at radius 2 is 2.25 bits per heavy atom. The maximum Gasteiger partial charge on any atom is 0.339 e. The van der Waals surface area contributed by atoms with E-state index in [2.05, 4.69) is 15.9 Å². The molecule has 0 aliphatic rings. The van der Waals surface area contributed by atoms with Crippen molar-refractivity contribution in [3.05, 3.63) is 33.4 Å². The molecule has 86 valence electrons. The summed E-state index contributed by atoms with van der Waals surface area (Å²) in [4.78, 5) is 21.0. The van der Waals surface area contributed by atoms with Crippen molar-refractivity contribution in [2.45, 2.75) is 5.33 Å². The van der Waals surface area contributed by atoms with Gasteiger partial charge in [0.2, 0.25) is 0 Å². The standard InChI is InChI=1S/C9H8BrNO5/c1-16-7-3-6(11(14)15)2-5(4-10)8(7)9(12)13/h2-3H,4H2,1H3,(H,12,13). The monoisotopic (exact) mass is 289 g/mol. The highest BCUT2D eigenvalue weighted by atomic mass is 79.9. The highest BCUT2D eigenvalue weighted by Gasteiger charge is 2.21. The van der Waals surface area contributed by atoms with Gasteiger partial charge in [-0.15, -0.1) is 0 Å². The molecule has 0 atom stereocenters. The third kappa shape index (κ3) is 2.30. The fourth-order valence-electron chi connectivity index (χ4n) is 1.27. The molecule has 7 heteroatoms. The van der Waals surface area contributed by atoms with Crippen molar-refractivity contribution >= 4 is 27.6 Å². The molecule has 0 unspecified atom stereocenters. The van der Waals surface area contributed by atoms with Gasteiger partial charge in [0, 0.05) is 11.4 Å². The smallest absolute Gasteiger partial charge is 0.339 e. The predicted molar refractivity (Wildman–Crippen MR) is 59.2 cm³/mol. The fraction of sp³-hybridized carbons (Fsp3) is 0.222. The Morgan fingerprint density at radius 1 is 1.62 bits per heavy atom. The minimum atomic E-state index is -1.18. The molecule has 1 N–H and O–H groups in total. The molecule has 1 aromatic rings. The molecular weight excluding hydrogens is 282 g/mol. The van der Waals surface area contributed by atoms with E-state index in [-0.39, 0.29) is 22.3 Å². The normalized spacial score (nSPS) is 9.88. The number of methoxy groups -OCH3 is 1. The minimum Gasteiger partial charge on any atom is -0.496 e. The van der Waals surface area contributed by atoms with E-state index < -0.39 is 10.9 Å². The first-order valence-electron chi connectivity index (χ1n) is 4.15. The Balaban J connectivity index is 3.49. The molecule has 6 nitrogen and oxygen atoms in total. The molecule has 0 spiro atoms. The number of nitro groups is 1. The fourth-order valence-corrected chi connectivity index (χ4v) is 1.71. The zero-order valence-electron chi connectivity index (χ0n) is 8.27. The molecule has 0 aliphatic carbocycles. The molecule has 0 bridgehead atoms. The quantitative estimate of drug-likeness (QED) is 0.521. The lowest BCUT2D eigenvalue weighted by molar-refractivity contribution is -0.385. The van der Waals surface area contributed by atoms with Gasteiger partial charge in [-0.1, -0.05) is 15.9 Å². The second-order valence-corrected chi connectivity index (χ2v) is 3.44. The van der Waals surface area contributed by atoms with Crippen molar-refractivity contribution in [2.75, 3.05) is 7.11 Å². The number of aromatic carboxylic acids is 1. The molecule has 0 saturated carbocycles. The van der Waals surface area contributed by atoms with Crippen molar-refractivity contribution < 1.29 is 19.6 Å². The average molecular weight is 290 g/mol. The van der Waals surface area contributed by atoms with Crippen LogP contribution >= 0.6 is 15.9 Å². The summed E-state index contributed by atoms with van der Waals surface area (Å²) in [5.41, 5.74) is 0.0415.